The molecule has 0 saturated carbocycles. The molecule has 0 spiro atoms. The first-order valence-corrected chi connectivity index (χ1v) is 7.59. The van der Waals surface area contributed by atoms with Crippen molar-refractivity contribution in [1.29, 1.82) is 0 Å². The maximum Gasteiger partial charge on any atom is 0.0802 e. The Morgan fingerprint density at radius 2 is 2.00 bits per heavy atom. The van der Waals surface area contributed by atoms with E-state index in [-0.39, 0.29) is 0 Å². The Bertz CT molecular complexity index is 415. The fraction of sp³-hybridized carbons (Fsp3) is 0.647. The van der Waals surface area contributed by atoms with Crippen LogP contribution in [0.4, 0.5) is 0 Å². The maximum absolute atomic E-state index is 10.3. The summed E-state index contributed by atoms with van der Waals surface area (Å²) < 4.78 is 0. The van der Waals surface area contributed by atoms with Gasteiger partial charge >= 0.3 is 0 Å². The van der Waals surface area contributed by atoms with Crippen LogP contribution in [0, 0.1) is 6.92 Å². The van der Waals surface area contributed by atoms with E-state index in [9.17, 15) is 10.2 Å². The van der Waals surface area contributed by atoms with Gasteiger partial charge in [-0.1, -0.05) is 31.5 Å². The Morgan fingerprint density at radius 3 is 2.60 bits per heavy atom. The highest BCUT2D eigenvalue weighted by Crippen LogP contribution is 2.24. The lowest BCUT2D eigenvalue weighted by Gasteiger charge is -2.23. The van der Waals surface area contributed by atoms with Crippen LogP contribution in [-0.2, 0) is 6.42 Å². The molecule has 0 amide bonds. The van der Waals surface area contributed by atoms with Crippen LogP contribution in [0.1, 0.15) is 62.3 Å². The van der Waals surface area contributed by atoms with E-state index >= 15 is 0 Å². The van der Waals surface area contributed by atoms with Crippen molar-refractivity contribution in [1.82, 2.24) is 0 Å². The molecule has 2 unspecified atom stereocenters. The van der Waals surface area contributed by atoms with Gasteiger partial charge in [0.2, 0.25) is 0 Å². The minimum atomic E-state index is -0.604. The van der Waals surface area contributed by atoms with Crippen LogP contribution in [0.15, 0.2) is 18.2 Å². The monoisotopic (exact) mass is 279 g/mol. The summed E-state index contributed by atoms with van der Waals surface area (Å²) in [6.07, 6.45) is 3.48. The summed E-state index contributed by atoms with van der Waals surface area (Å²) in [5.41, 5.74) is 8.22. The molecular formula is C17H29NO2. The first-order chi connectivity index (χ1) is 9.39. The summed E-state index contributed by atoms with van der Waals surface area (Å²) in [6, 6.07) is 6.06. The first-order valence-electron chi connectivity index (χ1n) is 7.59. The molecule has 0 fully saturated rings. The summed E-state index contributed by atoms with van der Waals surface area (Å²) in [5, 5.41) is 20.3. The molecule has 0 radical (unpaired) electrons. The Labute approximate surface area is 122 Å². The van der Waals surface area contributed by atoms with Crippen LogP contribution in [0.2, 0.25) is 0 Å². The topological polar surface area (TPSA) is 66.5 Å². The third kappa shape index (κ3) is 5.23. The van der Waals surface area contributed by atoms with Gasteiger partial charge in [0.15, 0.2) is 0 Å². The summed E-state index contributed by atoms with van der Waals surface area (Å²) in [6.45, 7) is 6.54. The predicted octanol–water partition coefficient (Wildman–Crippen LogP) is 2.86. The molecular weight excluding hydrogens is 250 g/mol. The minimum absolute atomic E-state index is 0.482. The van der Waals surface area contributed by atoms with Gasteiger partial charge < -0.3 is 15.9 Å². The van der Waals surface area contributed by atoms with Gasteiger partial charge in [-0.25, -0.2) is 0 Å². The number of rotatable bonds is 8. The van der Waals surface area contributed by atoms with Crippen molar-refractivity contribution < 1.29 is 10.2 Å². The maximum atomic E-state index is 10.3. The first kappa shape index (κ1) is 17.2. The van der Waals surface area contributed by atoms with Crippen LogP contribution in [-0.4, -0.2) is 22.4 Å². The minimum Gasteiger partial charge on any atom is -0.390 e. The number of benzene rings is 1. The second-order valence-electron chi connectivity index (χ2n) is 6.03. The summed E-state index contributed by atoms with van der Waals surface area (Å²) >= 11 is 0. The van der Waals surface area contributed by atoms with Crippen molar-refractivity contribution in [2.45, 2.75) is 64.6 Å². The zero-order chi connectivity index (χ0) is 15.2. The van der Waals surface area contributed by atoms with Crippen molar-refractivity contribution >= 4 is 0 Å². The lowest BCUT2D eigenvalue weighted by atomic mass is 9.90. The van der Waals surface area contributed by atoms with Gasteiger partial charge in [-0.15, -0.1) is 0 Å². The molecule has 2 atom stereocenters. The molecule has 1 aromatic rings. The Balaban J connectivity index is 2.76. The van der Waals surface area contributed by atoms with Gasteiger partial charge in [-0.3, -0.25) is 0 Å². The van der Waals surface area contributed by atoms with E-state index in [1.54, 1.807) is 0 Å². The van der Waals surface area contributed by atoms with Gasteiger partial charge in [-0.05, 0) is 62.8 Å². The van der Waals surface area contributed by atoms with Gasteiger partial charge in [0.25, 0.3) is 0 Å². The molecule has 114 valence electrons. The van der Waals surface area contributed by atoms with Gasteiger partial charge in [0, 0.05) is 0 Å². The SMILES string of the molecule is CCCC(C)(O)CCc1cc(C(O)CCN)ccc1C. The molecule has 3 heteroatoms. The molecule has 0 aliphatic heterocycles. The second-order valence-corrected chi connectivity index (χ2v) is 6.03. The normalized spacial score (nSPS) is 15.9. The third-order valence-electron chi connectivity index (χ3n) is 3.92. The number of nitrogens with two attached hydrogens (primary N) is 1. The lowest BCUT2D eigenvalue weighted by Crippen LogP contribution is -2.24. The summed E-state index contributed by atoms with van der Waals surface area (Å²) in [7, 11) is 0. The third-order valence-corrected chi connectivity index (χ3v) is 3.92. The van der Waals surface area contributed by atoms with Crippen molar-refractivity contribution in [2.24, 2.45) is 5.73 Å². The molecule has 0 aromatic heterocycles. The largest absolute Gasteiger partial charge is 0.390 e. The fourth-order valence-corrected chi connectivity index (χ4v) is 2.56. The number of hydrogen-bond donors (Lipinski definition) is 3. The molecule has 0 bridgehead atoms. The molecule has 3 nitrogen and oxygen atoms in total. The van der Waals surface area contributed by atoms with E-state index in [4.69, 9.17) is 5.73 Å². The fourth-order valence-electron chi connectivity index (χ4n) is 2.56. The zero-order valence-electron chi connectivity index (χ0n) is 13.0. The highest BCUT2D eigenvalue weighted by Gasteiger charge is 2.19. The van der Waals surface area contributed by atoms with Crippen molar-refractivity contribution in [3.8, 4) is 0 Å². The smallest absolute Gasteiger partial charge is 0.0802 e. The van der Waals surface area contributed by atoms with E-state index < -0.39 is 11.7 Å². The van der Waals surface area contributed by atoms with E-state index in [2.05, 4.69) is 19.9 Å². The molecule has 4 N–H and O–H groups in total. The van der Waals surface area contributed by atoms with Crippen LogP contribution in [0.3, 0.4) is 0 Å². The average Bonchev–Trinajstić information content (AvgIpc) is 2.38. The molecule has 20 heavy (non-hydrogen) atoms. The van der Waals surface area contributed by atoms with Crippen LogP contribution >= 0.6 is 0 Å². The summed E-state index contributed by atoms with van der Waals surface area (Å²) in [4.78, 5) is 0. The van der Waals surface area contributed by atoms with Gasteiger partial charge in [0.05, 0.1) is 11.7 Å². The number of aliphatic hydroxyl groups is 2. The van der Waals surface area contributed by atoms with E-state index in [1.165, 1.54) is 11.1 Å². The quantitative estimate of drug-likeness (QED) is 0.685. The molecule has 0 aliphatic carbocycles. The highest BCUT2D eigenvalue weighted by molar-refractivity contribution is 5.32. The number of aliphatic hydroxyl groups excluding tert-OH is 1. The van der Waals surface area contributed by atoms with Crippen LogP contribution in [0.5, 0.6) is 0 Å². The Morgan fingerprint density at radius 1 is 1.30 bits per heavy atom. The standard InChI is InChI=1S/C17H29NO2/c1-4-9-17(3,20)10-7-14-12-15(6-5-13(14)2)16(19)8-11-18/h5-6,12,16,19-20H,4,7-11,18H2,1-3H3. The summed E-state index contributed by atoms with van der Waals surface area (Å²) in [5.74, 6) is 0. The van der Waals surface area contributed by atoms with E-state index in [1.807, 2.05) is 19.1 Å². The average molecular weight is 279 g/mol. The number of aryl methyl sites for hydroxylation is 2. The molecule has 0 saturated heterocycles. The molecule has 0 aliphatic rings. The number of hydrogen-bond acceptors (Lipinski definition) is 3. The van der Waals surface area contributed by atoms with Crippen LogP contribution in [0.25, 0.3) is 0 Å². The lowest BCUT2D eigenvalue weighted by molar-refractivity contribution is 0.0415. The second kappa shape index (κ2) is 7.77. The molecule has 1 rings (SSSR count). The van der Waals surface area contributed by atoms with Crippen molar-refractivity contribution in [3.63, 3.8) is 0 Å². The van der Waals surface area contributed by atoms with E-state index in [0.29, 0.717) is 13.0 Å². The van der Waals surface area contributed by atoms with Crippen molar-refractivity contribution in [3.05, 3.63) is 34.9 Å². The van der Waals surface area contributed by atoms with Gasteiger partial charge in [0.1, 0.15) is 0 Å². The molecule has 0 heterocycles. The predicted molar refractivity (Wildman–Crippen MR) is 83.7 cm³/mol. The van der Waals surface area contributed by atoms with Gasteiger partial charge in [-0.2, -0.15) is 0 Å². The van der Waals surface area contributed by atoms with Crippen LogP contribution < -0.4 is 5.73 Å². The Kier molecular flexibility index (Phi) is 6.66. The van der Waals surface area contributed by atoms with E-state index in [0.717, 1.165) is 31.2 Å². The zero-order valence-corrected chi connectivity index (χ0v) is 13.0. The molecule has 1 aromatic carbocycles. The Hall–Kier alpha value is -0.900. The van der Waals surface area contributed by atoms with Crippen molar-refractivity contribution in [2.75, 3.05) is 6.54 Å². The highest BCUT2D eigenvalue weighted by atomic mass is 16.3.